The van der Waals surface area contributed by atoms with Crippen molar-refractivity contribution in [2.75, 3.05) is 0 Å². The van der Waals surface area contributed by atoms with Gasteiger partial charge in [0.25, 0.3) is 0 Å². The van der Waals surface area contributed by atoms with E-state index in [0.717, 1.165) is 5.92 Å². The zero-order chi connectivity index (χ0) is 23.5. The molecule has 32 heavy (non-hydrogen) atoms. The zero-order valence-electron chi connectivity index (χ0n) is 22.3. The molecule has 0 aliphatic rings. The Hall–Kier alpha value is -0.980. The van der Waals surface area contributed by atoms with Gasteiger partial charge in [-0.1, -0.05) is 136 Å². The molecular formula is C31H56O. The van der Waals surface area contributed by atoms with Crippen molar-refractivity contribution in [3.63, 3.8) is 0 Å². The first-order chi connectivity index (χ1) is 15.6. The highest BCUT2D eigenvalue weighted by Gasteiger charge is 2.38. The van der Waals surface area contributed by atoms with E-state index in [1.807, 2.05) is 12.1 Å². The Bertz CT molecular complexity index is 524. The van der Waals surface area contributed by atoms with Crippen LogP contribution in [0.2, 0.25) is 0 Å². The van der Waals surface area contributed by atoms with Crippen molar-refractivity contribution < 1.29 is 5.11 Å². The fraction of sp³-hybridized carbons (Fsp3) is 0.806. The van der Waals surface area contributed by atoms with Gasteiger partial charge in [0.2, 0.25) is 0 Å². The summed E-state index contributed by atoms with van der Waals surface area (Å²) in [7, 11) is 0. The van der Waals surface area contributed by atoms with Crippen LogP contribution in [-0.4, -0.2) is 5.11 Å². The van der Waals surface area contributed by atoms with Gasteiger partial charge >= 0.3 is 0 Å². The van der Waals surface area contributed by atoms with Crippen LogP contribution in [0.25, 0.3) is 0 Å². The molecule has 0 aliphatic carbocycles. The van der Waals surface area contributed by atoms with Crippen molar-refractivity contribution in [1.82, 2.24) is 0 Å². The van der Waals surface area contributed by atoms with E-state index in [0.29, 0.717) is 5.75 Å². The first-order valence-electron chi connectivity index (χ1n) is 14.4. The number of aromatic hydroxyl groups is 1. The Morgan fingerprint density at radius 2 is 1.00 bits per heavy atom. The number of phenols is 1. The third-order valence-corrected chi connectivity index (χ3v) is 7.74. The smallest absolute Gasteiger partial charge is 0.115 e. The molecule has 1 aromatic rings. The summed E-state index contributed by atoms with van der Waals surface area (Å²) in [4.78, 5) is 0. The number of phenolic OH excluding ortho intramolecular Hbond substituents is 1. The number of hydrogen-bond acceptors (Lipinski definition) is 1. The first-order valence-corrected chi connectivity index (χ1v) is 14.4. The Morgan fingerprint density at radius 1 is 0.562 bits per heavy atom. The molecule has 0 radical (unpaired) electrons. The topological polar surface area (TPSA) is 20.2 Å². The molecule has 0 saturated heterocycles. The molecule has 1 unspecified atom stereocenters. The van der Waals surface area contributed by atoms with Gasteiger partial charge in [-0.05, 0) is 54.7 Å². The minimum Gasteiger partial charge on any atom is -0.508 e. The minimum atomic E-state index is 0.287. The van der Waals surface area contributed by atoms with Gasteiger partial charge in [-0.2, -0.15) is 0 Å². The predicted molar refractivity (Wildman–Crippen MR) is 144 cm³/mol. The standard InChI is InChI=1S/C31H56O/c1-5-9-13-14-15-16-17-18-19-21-28(20-10-6-2)31(26-11-7-3,27-12-8-4)29-22-24-30(32)25-23-29/h22-25,28,32H,5-21,26-27H2,1-4H3. The van der Waals surface area contributed by atoms with E-state index < -0.39 is 0 Å². The second-order valence-electron chi connectivity index (χ2n) is 10.4. The third-order valence-electron chi connectivity index (χ3n) is 7.74. The molecule has 1 atom stereocenters. The summed E-state index contributed by atoms with van der Waals surface area (Å²) < 4.78 is 0. The maximum atomic E-state index is 9.95. The lowest BCUT2D eigenvalue weighted by atomic mass is 9.61. The summed E-state index contributed by atoms with van der Waals surface area (Å²) in [5.74, 6) is 1.17. The quantitative estimate of drug-likeness (QED) is 0.187. The van der Waals surface area contributed by atoms with Gasteiger partial charge in [0.1, 0.15) is 5.75 Å². The Labute approximate surface area is 201 Å². The van der Waals surface area contributed by atoms with Gasteiger partial charge in [-0.15, -0.1) is 0 Å². The van der Waals surface area contributed by atoms with Crippen LogP contribution < -0.4 is 0 Å². The summed E-state index contributed by atoms with van der Waals surface area (Å²) in [5, 5.41) is 9.95. The van der Waals surface area contributed by atoms with Crippen molar-refractivity contribution in [1.29, 1.82) is 0 Å². The molecule has 0 fully saturated rings. The molecule has 186 valence electrons. The largest absolute Gasteiger partial charge is 0.508 e. The summed E-state index contributed by atoms with van der Waals surface area (Å²) in [6.45, 7) is 9.32. The highest BCUT2D eigenvalue weighted by Crippen LogP contribution is 2.46. The van der Waals surface area contributed by atoms with E-state index >= 15 is 0 Å². The third kappa shape index (κ3) is 10.8. The predicted octanol–water partition coefficient (Wildman–Crippen LogP) is 10.7. The lowest BCUT2D eigenvalue weighted by molar-refractivity contribution is 0.187. The molecular weight excluding hydrogens is 388 g/mol. The fourth-order valence-electron chi connectivity index (χ4n) is 5.68. The van der Waals surface area contributed by atoms with E-state index in [2.05, 4.69) is 39.8 Å². The van der Waals surface area contributed by atoms with Gasteiger partial charge in [0, 0.05) is 0 Å². The highest BCUT2D eigenvalue weighted by atomic mass is 16.3. The average Bonchev–Trinajstić information content (AvgIpc) is 2.81. The number of hydrogen-bond donors (Lipinski definition) is 1. The minimum absolute atomic E-state index is 0.287. The molecule has 0 heterocycles. The van der Waals surface area contributed by atoms with Gasteiger partial charge in [0.15, 0.2) is 0 Å². The van der Waals surface area contributed by atoms with Crippen LogP contribution in [0.15, 0.2) is 24.3 Å². The van der Waals surface area contributed by atoms with Crippen molar-refractivity contribution in [2.45, 2.75) is 155 Å². The summed E-state index contributed by atoms with van der Waals surface area (Å²) in [6, 6.07) is 8.35. The fourth-order valence-corrected chi connectivity index (χ4v) is 5.68. The van der Waals surface area contributed by atoms with Crippen LogP contribution in [0, 0.1) is 5.92 Å². The van der Waals surface area contributed by atoms with Gasteiger partial charge < -0.3 is 5.11 Å². The molecule has 1 aromatic carbocycles. The lowest BCUT2D eigenvalue weighted by Crippen LogP contribution is -2.36. The van der Waals surface area contributed by atoms with Crippen LogP contribution in [-0.2, 0) is 5.41 Å². The summed E-state index contributed by atoms with van der Waals surface area (Å²) >= 11 is 0. The molecule has 1 N–H and O–H groups in total. The van der Waals surface area contributed by atoms with E-state index in [1.54, 1.807) is 0 Å². The zero-order valence-corrected chi connectivity index (χ0v) is 22.3. The van der Waals surface area contributed by atoms with E-state index in [-0.39, 0.29) is 5.41 Å². The number of benzene rings is 1. The second kappa shape index (κ2) is 18.4. The van der Waals surface area contributed by atoms with Gasteiger partial charge in [0.05, 0.1) is 0 Å². The van der Waals surface area contributed by atoms with Crippen LogP contribution in [0.3, 0.4) is 0 Å². The second-order valence-corrected chi connectivity index (χ2v) is 10.4. The van der Waals surface area contributed by atoms with E-state index in [9.17, 15) is 5.11 Å². The maximum absolute atomic E-state index is 9.95. The molecule has 1 heteroatoms. The molecule has 0 bridgehead atoms. The molecule has 0 aromatic heterocycles. The van der Waals surface area contributed by atoms with E-state index in [1.165, 1.54) is 128 Å². The molecule has 0 saturated carbocycles. The molecule has 1 nitrogen and oxygen atoms in total. The van der Waals surface area contributed by atoms with Crippen molar-refractivity contribution in [2.24, 2.45) is 5.92 Å². The first kappa shape index (κ1) is 29.1. The Kier molecular flexibility index (Phi) is 16.7. The van der Waals surface area contributed by atoms with Crippen LogP contribution in [0.5, 0.6) is 5.75 Å². The van der Waals surface area contributed by atoms with Crippen molar-refractivity contribution in [3.05, 3.63) is 29.8 Å². The van der Waals surface area contributed by atoms with Crippen LogP contribution >= 0.6 is 0 Å². The number of unbranched alkanes of at least 4 members (excludes halogenated alkanes) is 11. The van der Waals surface area contributed by atoms with Crippen LogP contribution in [0.4, 0.5) is 0 Å². The number of rotatable bonds is 21. The summed E-state index contributed by atoms with van der Waals surface area (Å²) in [5.41, 5.74) is 1.78. The monoisotopic (exact) mass is 444 g/mol. The SMILES string of the molecule is CCCCCCCCCCCC(CCCC)C(CCCC)(CCCC)c1ccc(O)cc1. The van der Waals surface area contributed by atoms with E-state index in [4.69, 9.17) is 0 Å². The Balaban J connectivity index is 2.87. The highest BCUT2D eigenvalue weighted by molar-refractivity contribution is 5.32. The van der Waals surface area contributed by atoms with Crippen molar-refractivity contribution >= 4 is 0 Å². The normalized spacial score (nSPS) is 12.9. The molecule has 0 spiro atoms. The molecule has 0 amide bonds. The average molecular weight is 445 g/mol. The maximum Gasteiger partial charge on any atom is 0.115 e. The summed E-state index contributed by atoms with van der Waals surface area (Å²) in [6.07, 6.45) is 25.9. The molecule has 1 rings (SSSR count). The van der Waals surface area contributed by atoms with Gasteiger partial charge in [-0.3, -0.25) is 0 Å². The molecule has 0 aliphatic heterocycles. The van der Waals surface area contributed by atoms with Crippen LogP contribution in [0.1, 0.15) is 155 Å². The Morgan fingerprint density at radius 3 is 1.50 bits per heavy atom. The lowest BCUT2D eigenvalue weighted by Gasteiger charge is -2.43. The van der Waals surface area contributed by atoms with Crippen molar-refractivity contribution in [3.8, 4) is 5.75 Å². The van der Waals surface area contributed by atoms with Gasteiger partial charge in [-0.25, -0.2) is 0 Å².